The number of hydrogen-bond donors (Lipinski definition) is 1. The molecule has 8 heteroatoms. The lowest BCUT2D eigenvalue weighted by atomic mass is 10.1. The summed E-state index contributed by atoms with van der Waals surface area (Å²) in [5, 5.41) is 3.76. The molecular weight excluding hydrogens is 312 g/mol. The van der Waals surface area contributed by atoms with Crippen LogP contribution in [0.25, 0.3) is 0 Å². The van der Waals surface area contributed by atoms with E-state index in [-0.39, 0.29) is 17.7 Å². The molecule has 1 atom stereocenters. The molecule has 126 valence electrons. The van der Waals surface area contributed by atoms with Crippen LogP contribution in [0.15, 0.2) is 28.9 Å². The molecule has 0 saturated carbocycles. The number of piperidine rings is 1. The average Bonchev–Trinajstić information content (AvgIpc) is 3.01. The summed E-state index contributed by atoms with van der Waals surface area (Å²) < 4.78 is 10.8. The third-order valence-corrected chi connectivity index (χ3v) is 3.80. The van der Waals surface area contributed by atoms with Crippen molar-refractivity contribution in [1.82, 2.24) is 15.0 Å². The predicted molar refractivity (Wildman–Crippen MR) is 83.5 cm³/mol. The van der Waals surface area contributed by atoms with Crippen molar-refractivity contribution in [2.24, 2.45) is 5.73 Å². The van der Waals surface area contributed by atoms with Gasteiger partial charge in [0.05, 0.1) is 6.54 Å². The Morgan fingerprint density at radius 3 is 2.92 bits per heavy atom. The minimum absolute atomic E-state index is 0.148. The molecule has 1 unspecified atom stereocenters. The zero-order chi connectivity index (χ0) is 17.1. The Morgan fingerprint density at radius 1 is 1.38 bits per heavy atom. The number of carbonyl (C=O) groups excluding carboxylic acids is 2. The van der Waals surface area contributed by atoms with Crippen LogP contribution in [-0.4, -0.2) is 46.0 Å². The van der Waals surface area contributed by atoms with E-state index in [2.05, 4.69) is 10.1 Å². The quantitative estimate of drug-likeness (QED) is 0.900. The van der Waals surface area contributed by atoms with Gasteiger partial charge in [0.2, 0.25) is 0 Å². The Hall–Kier alpha value is -2.90. The first-order valence-corrected chi connectivity index (χ1v) is 7.68. The highest BCUT2D eigenvalue weighted by molar-refractivity contribution is 5.92. The molecule has 0 spiro atoms. The number of carbonyl (C=O) groups is 2. The number of aromatic nitrogens is 2. The molecule has 2 amide bonds. The summed E-state index contributed by atoms with van der Waals surface area (Å²) in [5.41, 5.74) is 5.66. The molecule has 2 aromatic rings. The van der Waals surface area contributed by atoms with Crippen LogP contribution < -0.4 is 10.5 Å². The highest BCUT2D eigenvalue weighted by Crippen LogP contribution is 2.20. The van der Waals surface area contributed by atoms with Gasteiger partial charge in [-0.2, -0.15) is 0 Å². The number of primary amides is 1. The Kier molecular flexibility index (Phi) is 4.45. The Bertz CT molecular complexity index is 758. The van der Waals surface area contributed by atoms with Gasteiger partial charge in [0.1, 0.15) is 23.3 Å². The van der Waals surface area contributed by atoms with Gasteiger partial charge >= 0.3 is 0 Å². The lowest BCUT2D eigenvalue weighted by Gasteiger charge is -2.32. The first kappa shape index (κ1) is 16.0. The lowest BCUT2D eigenvalue weighted by Crippen LogP contribution is -2.44. The minimum atomic E-state index is -0.609. The van der Waals surface area contributed by atoms with Gasteiger partial charge in [0, 0.05) is 24.9 Å². The van der Waals surface area contributed by atoms with Gasteiger partial charge in [0.15, 0.2) is 5.69 Å². The molecular formula is C16H18N4O4. The van der Waals surface area contributed by atoms with Gasteiger partial charge in [-0.25, -0.2) is 0 Å². The van der Waals surface area contributed by atoms with Crippen LogP contribution in [0, 0.1) is 6.92 Å². The number of nitrogens with zero attached hydrogens (tertiary/aromatic N) is 3. The summed E-state index contributed by atoms with van der Waals surface area (Å²) in [5.74, 6) is 0.323. The number of hydrogen-bond acceptors (Lipinski definition) is 6. The molecule has 0 bridgehead atoms. The van der Waals surface area contributed by atoms with E-state index in [4.69, 9.17) is 15.0 Å². The number of pyridine rings is 1. The standard InChI is InChI=1S/C16H18N4O4/c1-10-7-14(19-24-10)16(22)20-6-2-3-12(9-20)23-11-4-5-18-13(8-11)15(17)21/h4-5,7-8,12H,2-3,6,9H2,1H3,(H2,17,21). The van der Waals surface area contributed by atoms with E-state index in [1.165, 1.54) is 12.3 Å². The summed E-state index contributed by atoms with van der Waals surface area (Å²) in [6.07, 6.45) is 2.94. The summed E-state index contributed by atoms with van der Waals surface area (Å²) in [6, 6.07) is 4.78. The van der Waals surface area contributed by atoms with Gasteiger partial charge in [-0.1, -0.05) is 5.16 Å². The fourth-order valence-corrected chi connectivity index (χ4v) is 2.66. The molecule has 0 aliphatic carbocycles. The zero-order valence-corrected chi connectivity index (χ0v) is 13.3. The predicted octanol–water partition coefficient (Wildman–Crippen LogP) is 1.16. The van der Waals surface area contributed by atoms with Crippen LogP contribution in [0.3, 0.4) is 0 Å². The van der Waals surface area contributed by atoms with Gasteiger partial charge < -0.3 is 19.9 Å². The van der Waals surface area contributed by atoms with Crippen LogP contribution >= 0.6 is 0 Å². The lowest BCUT2D eigenvalue weighted by molar-refractivity contribution is 0.0528. The molecule has 0 radical (unpaired) electrons. The summed E-state index contributed by atoms with van der Waals surface area (Å²) >= 11 is 0. The number of aryl methyl sites for hydroxylation is 1. The van der Waals surface area contributed by atoms with Crippen LogP contribution in [0.4, 0.5) is 0 Å². The van der Waals surface area contributed by atoms with Gasteiger partial charge in [-0.3, -0.25) is 14.6 Å². The number of amides is 2. The highest BCUT2D eigenvalue weighted by atomic mass is 16.5. The first-order chi connectivity index (χ1) is 11.5. The summed E-state index contributed by atoms with van der Waals surface area (Å²) in [4.78, 5) is 29.2. The maximum Gasteiger partial charge on any atom is 0.276 e. The highest BCUT2D eigenvalue weighted by Gasteiger charge is 2.27. The second kappa shape index (κ2) is 6.69. The fraction of sp³-hybridized carbons (Fsp3) is 0.375. The number of ether oxygens (including phenoxy) is 1. The van der Waals surface area contributed by atoms with Crippen molar-refractivity contribution in [3.8, 4) is 5.75 Å². The number of nitrogens with two attached hydrogens (primary N) is 1. The second-order valence-electron chi connectivity index (χ2n) is 5.70. The van der Waals surface area contributed by atoms with Crippen molar-refractivity contribution in [2.45, 2.75) is 25.9 Å². The maximum absolute atomic E-state index is 12.4. The maximum atomic E-state index is 12.4. The third-order valence-electron chi connectivity index (χ3n) is 3.80. The molecule has 24 heavy (non-hydrogen) atoms. The third kappa shape index (κ3) is 3.53. The van der Waals surface area contributed by atoms with Crippen molar-refractivity contribution in [1.29, 1.82) is 0 Å². The molecule has 2 N–H and O–H groups in total. The fourth-order valence-electron chi connectivity index (χ4n) is 2.66. The summed E-state index contributed by atoms with van der Waals surface area (Å²) in [6.45, 7) is 2.83. The Balaban J connectivity index is 1.66. The molecule has 8 nitrogen and oxygen atoms in total. The van der Waals surface area contributed by atoms with E-state index < -0.39 is 5.91 Å². The van der Waals surface area contributed by atoms with Crippen LogP contribution in [0.5, 0.6) is 5.75 Å². The first-order valence-electron chi connectivity index (χ1n) is 7.68. The second-order valence-corrected chi connectivity index (χ2v) is 5.70. The van der Waals surface area contributed by atoms with Crippen LogP contribution in [0.1, 0.15) is 39.6 Å². The van der Waals surface area contributed by atoms with E-state index in [0.29, 0.717) is 30.3 Å². The molecule has 1 aliphatic heterocycles. The normalized spacial score (nSPS) is 17.5. The van der Waals surface area contributed by atoms with Crippen molar-refractivity contribution in [2.75, 3.05) is 13.1 Å². The topological polar surface area (TPSA) is 112 Å². The van der Waals surface area contributed by atoms with Crippen molar-refractivity contribution < 1.29 is 18.8 Å². The van der Waals surface area contributed by atoms with Gasteiger partial charge in [-0.15, -0.1) is 0 Å². The molecule has 2 aromatic heterocycles. The molecule has 3 rings (SSSR count). The van der Waals surface area contributed by atoms with E-state index in [0.717, 1.165) is 12.8 Å². The van der Waals surface area contributed by atoms with Crippen LogP contribution in [0.2, 0.25) is 0 Å². The zero-order valence-electron chi connectivity index (χ0n) is 13.3. The molecule has 1 fully saturated rings. The van der Waals surface area contributed by atoms with Gasteiger partial charge in [-0.05, 0) is 25.8 Å². The average molecular weight is 330 g/mol. The molecule has 1 aliphatic rings. The number of likely N-dealkylation sites (tertiary alicyclic amines) is 1. The van der Waals surface area contributed by atoms with E-state index in [9.17, 15) is 9.59 Å². The van der Waals surface area contributed by atoms with Crippen molar-refractivity contribution >= 4 is 11.8 Å². The van der Waals surface area contributed by atoms with Crippen molar-refractivity contribution in [3.05, 3.63) is 41.5 Å². The Morgan fingerprint density at radius 2 is 2.21 bits per heavy atom. The largest absolute Gasteiger partial charge is 0.488 e. The number of rotatable bonds is 4. The van der Waals surface area contributed by atoms with E-state index in [1.807, 2.05) is 0 Å². The Labute approximate surface area is 138 Å². The molecule has 3 heterocycles. The molecule has 1 saturated heterocycles. The minimum Gasteiger partial charge on any atom is -0.488 e. The monoisotopic (exact) mass is 330 g/mol. The van der Waals surface area contributed by atoms with E-state index >= 15 is 0 Å². The van der Waals surface area contributed by atoms with Crippen LogP contribution in [-0.2, 0) is 0 Å². The molecule has 0 aromatic carbocycles. The van der Waals surface area contributed by atoms with Gasteiger partial charge in [0.25, 0.3) is 11.8 Å². The van der Waals surface area contributed by atoms with Crippen molar-refractivity contribution in [3.63, 3.8) is 0 Å². The summed E-state index contributed by atoms with van der Waals surface area (Å²) in [7, 11) is 0. The van der Waals surface area contributed by atoms with E-state index in [1.54, 1.807) is 24.0 Å². The smallest absolute Gasteiger partial charge is 0.276 e. The SMILES string of the molecule is Cc1cc(C(=O)N2CCCC(Oc3ccnc(C(N)=O)c3)C2)no1.